The number of carbonyl (C=O) groups excluding carboxylic acids is 5. The van der Waals surface area contributed by atoms with Crippen LogP contribution in [0.1, 0.15) is 132 Å². The van der Waals surface area contributed by atoms with Gasteiger partial charge < -0.3 is 43.9 Å². The number of aliphatic hydroxyl groups is 3. The lowest BCUT2D eigenvalue weighted by molar-refractivity contribution is -0.265. The van der Waals surface area contributed by atoms with E-state index in [2.05, 4.69) is 0 Å². The number of cyclic esters (lactones) is 1. The van der Waals surface area contributed by atoms with Crippen molar-refractivity contribution in [3.05, 3.63) is 47.6 Å². The lowest BCUT2D eigenvalue weighted by Gasteiger charge is -2.43. The Morgan fingerprint density at radius 1 is 0.864 bits per heavy atom. The SMILES string of the molecule is CO[C@H]1C[C@@H]2CC[C@@H](C)[C@@](O)(O2)C(=O)C(=O)N2CCCC[C@H]2C(=O)O[C@H]([C@H](C)C[C@@H]2CC[C@@](C)(O)[C@H](OC)C2)CC(=O)[C@H](C)/C=C(\C)[C@@H](O)[C@@H](OC)C(=O)[C@H](C)C[C@H](C)/C=C/C=C/C=C/1C. The van der Waals surface area contributed by atoms with Crippen LogP contribution in [0.15, 0.2) is 47.6 Å². The highest BCUT2D eigenvalue weighted by atomic mass is 16.6. The molecule has 372 valence electrons. The van der Waals surface area contributed by atoms with E-state index in [0.29, 0.717) is 69.8 Å². The molecule has 14 nitrogen and oxygen atoms in total. The molecule has 0 aromatic heterocycles. The van der Waals surface area contributed by atoms with E-state index in [9.17, 15) is 39.3 Å². The van der Waals surface area contributed by atoms with E-state index in [1.807, 2.05) is 58.1 Å². The smallest absolute Gasteiger partial charge is 0.329 e. The number of allylic oxidation sites excluding steroid dienone is 6. The van der Waals surface area contributed by atoms with Gasteiger partial charge in [0.2, 0.25) is 5.79 Å². The van der Waals surface area contributed by atoms with Gasteiger partial charge in [0.05, 0.1) is 23.9 Å². The molecule has 3 fully saturated rings. The lowest BCUT2D eigenvalue weighted by atomic mass is 9.73. The Balaban J connectivity index is 1.71. The number of nitrogens with zero attached hydrogens (tertiary/aromatic N) is 1. The first kappa shape index (κ1) is 55.2. The molecule has 0 spiro atoms. The summed E-state index contributed by atoms with van der Waals surface area (Å²) in [7, 11) is 4.53. The number of Topliss-reactive ketones (excluding diaryl/α,β-unsaturated/α-hetero) is 3. The summed E-state index contributed by atoms with van der Waals surface area (Å²) >= 11 is 0. The van der Waals surface area contributed by atoms with Crippen molar-refractivity contribution in [2.24, 2.45) is 35.5 Å². The number of rotatable bonds is 6. The maximum atomic E-state index is 14.4. The summed E-state index contributed by atoms with van der Waals surface area (Å²) in [6, 6.07) is -1.14. The molecular formula is C52H81NO13. The fourth-order valence-corrected chi connectivity index (χ4v) is 10.3. The van der Waals surface area contributed by atoms with Gasteiger partial charge in [-0.3, -0.25) is 19.2 Å². The minimum Gasteiger partial charge on any atom is -0.460 e. The molecule has 4 aliphatic rings. The van der Waals surface area contributed by atoms with Gasteiger partial charge >= 0.3 is 5.97 Å². The molecule has 3 N–H and O–H groups in total. The third kappa shape index (κ3) is 14.1. The van der Waals surface area contributed by atoms with Crippen molar-refractivity contribution in [2.45, 2.75) is 186 Å². The van der Waals surface area contributed by atoms with E-state index in [4.69, 9.17) is 23.7 Å². The van der Waals surface area contributed by atoms with Crippen molar-refractivity contribution < 1.29 is 63.0 Å². The Kier molecular flexibility index (Phi) is 20.7. The van der Waals surface area contributed by atoms with Crippen molar-refractivity contribution in [3.8, 4) is 0 Å². The molecule has 0 aromatic rings. The Hall–Kier alpha value is -3.37. The normalized spacial score (nSPS) is 41.1. The van der Waals surface area contributed by atoms with Crippen molar-refractivity contribution in [1.29, 1.82) is 0 Å². The van der Waals surface area contributed by atoms with Crippen LogP contribution in [0.4, 0.5) is 0 Å². The van der Waals surface area contributed by atoms with Gasteiger partial charge in [-0.05, 0) is 114 Å². The minimum absolute atomic E-state index is 0.0177. The number of amides is 1. The molecule has 0 radical (unpaired) electrons. The van der Waals surface area contributed by atoms with Crippen LogP contribution in [-0.2, 0) is 47.7 Å². The maximum Gasteiger partial charge on any atom is 0.329 e. The predicted molar refractivity (Wildman–Crippen MR) is 250 cm³/mol. The Morgan fingerprint density at radius 3 is 2.24 bits per heavy atom. The minimum atomic E-state index is -2.43. The van der Waals surface area contributed by atoms with E-state index in [1.54, 1.807) is 48.0 Å². The quantitative estimate of drug-likeness (QED) is 0.147. The van der Waals surface area contributed by atoms with Gasteiger partial charge in [0.25, 0.3) is 11.7 Å². The van der Waals surface area contributed by atoms with E-state index < -0.39 is 89.5 Å². The molecule has 15 atom stereocenters. The monoisotopic (exact) mass is 928 g/mol. The number of methoxy groups -OCH3 is 3. The average molecular weight is 928 g/mol. The van der Waals surface area contributed by atoms with Gasteiger partial charge in [0, 0.05) is 58.5 Å². The third-order valence-electron chi connectivity index (χ3n) is 14.9. The number of hydrogen-bond acceptors (Lipinski definition) is 13. The van der Waals surface area contributed by atoms with Gasteiger partial charge in [0.1, 0.15) is 30.1 Å². The van der Waals surface area contributed by atoms with Gasteiger partial charge in [-0.2, -0.15) is 0 Å². The molecule has 2 bridgehead atoms. The second-order valence-electron chi connectivity index (χ2n) is 20.3. The van der Waals surface area contributed by atoms with Crippen molar-refractivity contribution in [2.75, 3.05) is 27.9 Å². The highest BCUT2D eigenvalue weighted by molar-refractivity contribution is 6.39. The van der Waals surface area contributed by atoms with E-state index in [1.165, 1.54) is 12.0 Å². The van der Waals surface area contributed by atoms with E-state index in [-0.39, 0.29) is 48.7 Å². The summed E-state index contributed by atoms with van der Waals surface area (Å²) in [4.78, 5) is 71.9. The van der Waals surface area contributed by atoms with Crippen LogP contribution >= 0.6 is 0 Å². The van der Waals surface area contributed by atoms with Crippen LogP contribution in [0.5, 0.6) is 0 Å². The van der Waals surface area contributed by atoms with Crippen LogP contribution in [-0.4, -0.2) is 131 Å². The Morgan fingerprint density at radius 2 is 1.58 bits per heavy atom. The van der Waals surface area contributed by atoms with Crippen LogP contribution in [0.25, 0.3) is 0 Å². The van der Waals surface area contributed by atoms with Crippen LogP contribution in [0.3, 0.4) is 0 Å². The first-order valence-corrected chi connectivity index (χ1v) is 24.3. The van der Waals surface area contributed by atoms with Gasteiger partial charge in [-0.15, -0.1) is 0 Å². The summed E-state index contributed by atoms with van der Waals surface area (Å²) in [5, 5.41) is 34.3. The van der Waals surface area contributed by atoms with Crippen LogP contribution in [0.2, 0.25) is 0 Å². The van der Waals surface area contributed by atoms with Crippen LogP contribution in [0, 0.1) is 35.5 Å². The number of piperidine rings is 1. The molecule has 66 heavy (non-hydrogen) atoms. The molecule has 1 saturated carbocycles. The average Bonchev–Trinajstić information content (AvgIpc) is 3.28. The predicted octanol–water partition coefficient (Wildman–Crippen LogP) is 6.57. The second kappa shape index (κ2) is 24.8. The number of aliphatic hydroxyl groups excluding tert-OH is 1. The van der Waals surface area contributed by atoms with Gasteiger partial charge in [-0.1, -0.05) is 71.1 Å². The van der Waals surface area contributed by atoms with Crippen LogP contribution < -0.4 is 0 Å². The standard InChI is InChI=1S/C52H81NO13/c1-31-17-13-12-14-18-32(2)42(62-9)29-39-21-20-37(7)52(61,66-39)48(57)49(58)53-24-16-15-19-40(53)50(59)65-43(34(4)27-38-22-23-51(8,60)44(28-38)63-10)30-41(54)33(3)26-36(6)46(56)47(64-11)45(55)35(5)25-31/h12-14,17-18,26,31,33-35,37-40,42-44,46-47,56,60-61H,15-16,19-25,27-30H2,1-11H3/b14-12+,17-13+,32-18+,36-26+/t31-,33-,34-,35-,37-,38+,39+,40+,42+,43+,44-,46-,47+,51-,52-/m1/s1. The van der Waals surface area contributed by atoms with Gasteiger partial charge in [0.15, 0.2) is 5.78 Å². The van der Waals surface area contributed by atoms with Crippen molar-refractivity contribution in [3.63, 3.8) is 0 Å². The van der Waals surface area contributed by atoms with Gasteiger partial charge in [-0.25, -0.2) is 4.79 Å². The molecule has 14 heteroatoms. The van der Waals surface area contributed by atoms with Crippen molar-refractivity contribution >= 4 is 29.2 Å². The number of carbonyl (C=O) groups is 5. The first-order chi connectivity index (χ1) is 31.1. The molecule has 3 heterocycles. The zero-order valence-electron chi connectivity index (χ0n) is 41.5. The fourth-order valence-electron chi connectivity index (χ4n) is 10.3. The zero-order valence-corrected chi connectivity index (χ0v) is 41.5. The highest BCUT2D eigenvalue weighted by Crippen LogP contribution is 2.39. The second-order valence-corrected chi connectivity index (χ2v) is 20.3. The molecule has 0 aromatic carbocycles. The summed E-state index contributed by atoms with van der Waals surface area (Å²) in [6.07, 6.45) is 11.6. The number of esters is 1. The molecule has 1 amide bonds. The molecular weight excluding hydrogens is 847 g/mol. The lowest BCUT2D eigenvalue weighted by Crippen LogP contribution is -2.61. The summed E-state index contributed by atoms with van der Waals surface area (Å²) < 4.78 is 29.5. The van der Waals surface area contributed by atoms with Crippen molar-refractivity contribution in [1.82, 2.24) is 4.90 Å². The molecule has 3 aliphatic heterocycles. The zero-order chi connectivity index (χ0) is 49.1. The first-order valence-electron chi connectivity index (χ1n) is 24.3. The number of ketones is 3. The topological polar surface area (TPSA) is 195 Å². The number of fused-ring (bicyclic) bond motifs is 3. The molecule has 4 rings (SSSR count). The van der Waals surface area contributed by atoms with E-state index >= 15 is 0 Å². The Bertz CT molecular complexity index is 1800. The summed E-state index contributed by atoms with van der Waals surface area (Å²) in [5.41, 5.74) is 0.275. The summed E-state index contributed by atoms with van der Waals surface area (Å²) in [6.45, 7) is 14.5. The summed E-state index contributed by atoms with van der Waals surface area (Å²) in [5.74, 6) is -8.01. The number of ether oxygens (including phenoxy) is 5. The molecule has 2 saturated heterocycles. The largest absolute Gasteiger partial charge is 0.460 e. The maximum absolute atomic E-state index is 14.4. The third-order valence-corrected chi connectivity index (χ3v) is 14.9. The number of hydrogen-bond donors (Lipinski definition) is 3. The highest BCUT2D eigenvalue weighted by Gasteiger charge is 2.53. The molecule has 1 aliphatic carbocycles. The molecule has 0 unspecified atom stereocenters. The Labute approximate surface area is 393 Å². The fraction of sp³-hybridized carbons (Fsp3) is 0.750. The van der Waals surface area contributed by atoms with E-state index in [0.717, 1.165) is 5.57 Å².